The largest absolute Gasteiger partial charge is 0.444 e. The quantitative estimate of drug-likeness (QED) is 0.701. The molecular formula is C24H34N4O5. The number of piperidine rings is 1. The second-order valence-electron chi connectivity index (χ2n) is 9.67. The van der Waals surface area contributed by atoms with Crippen LogP contribution in [0.5, 0.6) is 0 Å². The number of nitrogens with one attached hydrogen (secondary N) is 2. The molecule has 9 nitrogen and oxygen atoms in total. The minimum absolute atomic E-state index is 0.0230. The van der Waals surface area contributed by atoms with Gasteiger partial charge in [-0.3, -0.25) is 14.4 Å². The van der Waals surface area contributed by atoms with Crippen LogP contribution in [0.15, 0.2) is 24.3 Å². The molecule has 0 radical (unpaired) electrons. The highest BCUT2D eigenvalue weighted by molar-refractivity contribution is 5.97. The van der Waals surface area contributed by atoms with Gasteiger partial charge in [-0.05, 0) is 57.2 Å². The van der Waals surface area contributed by atoms with Crippen molar-refractivity contribution in [3.63, 3.8) is 0 Å². The van der Waals surface area contributed by atoms with E-state index in [9.17, 15) is 19.2 Å². The molecule has 0 saturated carbocycles. The molecule has 2 saturated heterocycles. The number of ether oxygens (including phenoxy) is 1. The molecule has 0 unspecified atom stereocenters. The predicted octanol–water partition coefficient (Wildman–Crippen LogP) is 1.91. The van der Waals surface area contributed by atoms with Gasteiger partial charge in [0.2, 0.25) is 11.8 Å². The van der Waals surface area contributed by atoms with Gasteiger partial charge in [0.1, 0.15) is 5.60 Å². The number of hydrogen-bond donors (Lipinski definition) is 2. The summed E-state index contributed by atoms with van der Waals surface area (Å²) in [5.41, 5.74) is 0.913. The van der Waals surface area contributed by atoms with E-state index in [1.165, 1.54) is 4.90 Å². The van der Waals surface area contributed by atoms with Gasteiger partial charge >= 0.3 is 6.09 Å². The highest BCUT2D eigenvalue weighted by atomic mass is 16.6. The third-order valence-electron chi connectivity index (χ3n) is 5.76. The SMILES string of the molecule is CC(C)(C)OC(=O)N1CCC(CC(=O)NCc2ccc(C(=O)N3CCNC(=O)C3)cc2)CC1. The minimum atomic E-state index is -0.511. The summed E-state index contributed by atoms with van der Waals surface area (Å²) in [4.78, 5) is 51.8. The van der Waals surface area contributed by atoms with Crippen molar-refractivity contribution < 1.29 is 23.9 Å². The van der Waals surface area contributed by atoms with Gasteiger partial charge in [0.05, 0.1) is 6.54 Å². The summed E-state index contributed by atoms with van der Waals surface area (Å²) in [5, 5.41) is 5.64. The van der Waals surface area contributed by atoms with Gasteiger partial charge in [-0.1, -0.05) is 12.1 Å². The Morgan fingerprint density at radius 3 is 2.33 bits per heavy atom. The maximum Gasteiger partial charge on any atom is 0.410 e. The van der Waals surface area contributed by atoms with Crippen LogP contribution >= 0.6 is 0 Å². The van der Waals surface area contributed by atoms with Crippen LogP contribution in [0.1, 0.15) is 56.0 Å². The number of carbonyl (C=O) groups is 4. The van der Waals surface area contributed by atoms with E-state index in [0.717, 1.165) is 18.4 Å². The molecule has 1 aromatic carbocycles. The first-order valence-corrected chi connectivity index (χ1v) is 11.5. The summed E-state index contributed by atoms with van der Waals surface area (Å²) in [6, 6.07) is 7.08. The molecular weight excluding hydrogens is 424 g/mol. The van der Waals surface area contributed by atoms with Gasteiger partial charge in [-0.15, -0.1) is 0 Å². The molecule has 180 valence electrons. The van der Waals surface area contributed by atoms with Gasteiger partial charge in [-0.25, -0.2) is 4.79 Å². The number of amides is 4. The van der Waals surface area contributed by atoms with Gasteiger partial charge < -0.3 is 25.2 Å². The van der Waals surface area contributed by atoms with Crippen LogP contribution in [0.25, 0.3) is 0 Å². The van der Waals surface area contributed by atoms with Gasteiger partial charge in [0.15, 0.2) is 0 Å². The number of rotatable bonds is 5. The van der Waals surface area contributed by atoms with E-state index >= 15 is 0 Å². The Labute approximate surface area is 194 Å². The van der Waals surface area contributed by atoms with Crippen molar-refractivity contribution in [2.75, 3.05) is 32.7 Å². The third-order valence-corrected chi connectivity index (χ3v) is 5.76. The molecule has 2 N–H and O–H groups in total. The molecule has 2 aliphatic heterocycles. The molecule has 0 atom stereocenters. The van der Waals surface area contributed by atoms with E-state index < -0.39 is 5.60 Å². The van der Waals surface area contributed by atoms with E-state index in [2.05, 4.69) is 10.6 Å². The number of nitrogens with zero attached hydrogens (tertiary/aromatic N) is 2. The predicted molar refractivity (Wildman–Crippen MR) is 122 cm³/mol. The molecule has 33 heavy (non-hydrogen) atoms. The Balaban J connectivity index is 1.39. The van der Waals surface area contributed by atoms with E-state index in [1.54, 1.807) is 17.0 Å². The zero-order valence-electron chi connectivity index (χ0n) is 19.7. The highest BCUT2D eigenvalue weighted by Crippen LogP contribution is 2.22. The Morgan fingerprint density at radius 1 is 1.06 bits per heavy atom. The average Bonchev–Trinajstić information content (AvgIpc) is 2.77. The molecule has 2 aliphatic rings. The van der Waals surface area contributed by atoms with Crippen molar-refractivity contribution in [2.24, 2.45) is 5.92 Å². The van der Waals surface area contributed by atoms with Gasteiger partial charge in [0.25, 0.3) is 5.91 Å². The first kappa shape index (κ1) is 24.5. The van der Waals surface area contributed by atoms with Crippen LogP contribution in [0.4, 0.5) is 4.79 Å². The summed E-state index contributed by atoms with van der Waals surface area (Å²) in [6.45, 7) is 8.17. The first-order valence-electron chi connectivity index (χ1n) is 11.5. The van der Waals surface area contributed by atoms with Crippen LogP contribution in [0.2, 0.25) is 0 Å². The number of piperazine rings is 1. The number of benzene rings is 1. The highest BCUT2D eigenvalue weighted by Gasteiger charge is 2.28. The maximum atomic E-state index is 12.5. The van der Waals surface area contributed by atoms with E-state index in [-0.39, 0.29) is 36.3 Å². The lowest BCUT2D eigenvalue weighted by Gasteiger charge is -2.33. The molecule has 2 heterocycles. The molecule has 0 aromatic heterocycles. The van der Waals surface area contributed by atoms with Crippen LogP contribution in [0.3, 0.4) is 0 Å². The molecule has 2 fully saturated rings. The Bertz CT molecular complexity index is 870. The lowest BCUT2D eigenvalue weighted by molar-refractivity contribution is -0.123. The number of hydrogen-bond acceptors (Lipinski definition) is 5. The van der Waals surface area contributed by atoms with Gasteiger partial charge in [0, 0.05) is 44.7 Å². The second kappa shape index (κ2) is 10.7. The lowest BCUT2D eigenvalue weighted by atomic mass is 9.93. The van der Waals surface area contributed by atoms with Crippen molar-refractivity contribution in [1.82, 2.24) is 20.4 Å². The van der Waals surface area contributed by atoms with Crippen molar-refractivity contribution >= 4 is 23.8 Å². The average molecular weight is 459 g/mol. The van der Waals surface area contributed by atoms with Crippen LogP contribution in [-0.4, -0.2) is 71.9 Å². The first-order chi connectivity index (χ1) is 15.6. The molecule has 0 aliphatic carbocycles. The number of likely N-dealkylation sites (tertiary alicyclic amines) is 1. The molecule has 0 spiro atoms. The third kappa shape index (κ3) is 7.47. The van der Waals surface area contributed by atoms with Crippen molar-refractivity contribution in [2.45, 2.75) is 52.2 Å². The zero-order valence-corrected chi connectivity index (χ0v) is 19.7. The smallest absolute Gasteiger partial charge is 0.410 e. The van der Waals surface area contributed by atoms with Crippen molar-refractivity contribution in [1.29, 1.82) is 0 Å². The topological polar surface area (TPSA) is 108 Å². The molecule has 9 heteroatoms. The lowest BCUT2D eigenvalue weighted by Crippen LogP contribution is -2.49. The summed E-state index contributed by atoms with van der Waals surface area (Å²) < 4.78 is 5.41. The molecule has 0 bridgehead atoms. The molecule has 3 rings (SSSR count). The van der Waals surface area contributed by atoms with E-state index in [0.29, 0.717) is 44.7 Å². The fourth-order valence-electron chi connectivity index (χ4n) is 3.94. The minimum Gasteiger partial charge on any atom is -0.444 e. The molecule has 4 amide bonds. The monoisotopic (exact) mass is 458 g/mol. The summed E-state index contributed by atoms with van der Waals surface area (Å²) in [6.07, 6.45) is 1.68. The Kier molecular flexibility index (Phi) is 7.94. The summed E-state index contributed by atoms with van der Waals surface area (Å²) in [7, 11) is 0. The molecule has 1 aromatic rings. The number of carbonyl (C=O) groups excluding carboxylic acids is 4. The van der Waals surface area contributed by atoms with Gasteiger partial charge in [-0.2, -0.15) is 0 Å². The van der Waals surface area contributed by atoms with E-state index in [4.69, 9.17) is 4.74 Å². The van der Waals surface area contributed by atoms with Crippen LogP contribution < -0.4 is 10.6 Å². The fraction of sp³-hybridized carbons (Fsp3) is 0.583. The second-order valence-corrected chi connectivity index (χ2v) is 9.67. The van der Waals surface area contributed by atoms with E-state index in [1.807, 2.05) is 32.9 Å². The maximum absolute atomic E-state index is 12.5. The van der Waals surface area contributed by atoms with Crippen LogP contribution in [0, 0.1) is 5.92 Å². The Hall–Kier alpha value is -3.10. The Morgan fingerprint density at radius 2 is 1.73 bits per heavy atom. The fourth-order valence-corrected chi connectivity index (χ4v) is 3.94. The normalized spacial score (nSPS) is 17.4. The summed E-state index contributed by atoms with van der Waals surface area (Å²) in [5.74, 6) is -0.0989. The standard InChI is InChI=1S/C24H34N4O5/c1-24(2,3)33-23(32)27-11-8-17(9-12-27)14-20(29)26-15-18-4-6-19(7-5-18)22(31)28-13-10-25-21(30)16-28/h4-7,17H,8-16H2,1-3H3,(H,25,30)(H,26,29). The van der Waals surface area contributed by atoms with Crippen molar-refractivity contribution in [3.8, 4) is 0 Å². The van der Waals surface area contributed by atoms with Crippen LogP contribution in [-0.2, 0) is 20.9 Å². The summed E-state index contributed by atoms with van der Waals surface area (Å²) >= 11 is 0. The zero-order chi connectivity index (χ0) is 24.0. The van der Waals surface area contributed by atoms with Crippen molar-refractivity contribution in [3.05, 3.63) is 35.4 Å².